The van der Waals surface area contributed by atoms with Crippen molar-refractivity contribution >= 4 is 0 Å². The van der Waals surface area contributed by atoms with Crippen LogP contribution in [0.1, 0.15) is 99.3 Å². The molecule has 0 aromatic heterocycles. The molecule has 0 radical (unpaired) electrons. The van der Waals surface area contributed by atoms with Crippen LogP contribution in [0.15, 0.2) is 13.2 Å². The summed E-state index contributed by atoms with van der Waals surface area (Å²) in [6.07, 6.45) is 12.3. The van der Waals surface area contributed by atoms with Crippen LogP contribution in [0.5, 0.6) is 0 Å². The second-order valence-corrected chi connectivity index (χ2v) is 7.91. The lowest BCUT2D eigenvalue weighted by Crippen LogP contribution is -2.41. The average Bonchev–Trinajstić information content (AvgIpc) is 2.77. The molecule has 0 aromatic carbocycles. The normalized spacial score (nSPS) is 16.5. The van der Waals surface area contributed by atoms with Crippen LogP contribution in [0, 0.1) is 23.2 Å². The molecule has 1 rings (SSSR count). The molecule has 0 aliphatic heterocycles. The average molecular weight is 386 g/mol. The molecule has 3 heteroatoms. The van der Waals surface area contributed by atoms with Crippen LogP contribution >= 0.6 is 0 Å². The summed E-state index contributed by atoms with van der Waals surface area (Å²) in [7, 11) is 0. The predicted octanol–water partition coefficient (Wildman–Crippen LogP) is 6.12. The summed E-state index contributed by atoms with van der Waals surface area (Å²) < 4.78 is 0. The summed E-state index contributed by atoms with van der Waals surface area (Å²) in [5, 5.41) is 0. The molecule has 166 valence electrons. The van der Waals surface area contributed by atoms with Gasteiger partial charge in [0.1, 0.15) is 0 Å². The monoisotopic (exact) mass is 385 g/mol. The highest BCUT2D eigenvalue weighted by Crippen LogP contribution is 2.37. The Morgan fingerprint density at radius 3 is 1.70 bits per heavy atom. The summed E-state index contributed by atoms with van der Waals surface area (Å²) in [6.45, 7) is 21.3. The molecule has 1 saturated carbocycles. The van der Waals surface area contributed by atoms with Crippen LogP contribution in [-0.2, 0) is 0 Å². The molecule has 0 saturated heterocycles. The molecule has 3 nitrogen and oxygen atoms in total. The molecule has 0 spiro atoms. The van der Waals surface area contributed by atoms with E-state index in [0.29, 0.717) is 5.92 Å². The minimum Gasteiger partial charge on any atom is -0.330 e. The third-order valence-corrected chi connectivity index (χ3v) is 6.12. The van der Waals surface area contributed by atoms with E-state index >= 15 is 0 Å². The van der Waals surface area contributed by atoms with Crippen LogP contribution in [0.4, 0.5) is 0 Å². The van der Waals surface area contributed by atoms with Crippen LogP contribution in [0.3, 0.4) is 0 Å². The summed E-state index contributed by atoms with van der Waals surface area (Å²) >= 11 is 0. The summed E-state index contributed by atoms with van der Waals surface area (Å²) in [5.74, 6) is 2.55. The van der Waals surface area contributed by atoms with Crippen molar-refractivity contribution < 1.29 is 0 Å². The van der Waals surface area contributed by atoms with Crippen LogP contribution in [0.25, 0.3) is 0 Å². The SMILES string of the molecule is C=C.CC.CCC(CCC(C)C1CCCCC1)C(C)(CN)CN.CCCN. The van der Waals surface area contributed by atoms with E-state index in [1.54, 1.807) is 0 Å². The maximum absolute atomic E-state index is 5.96. The van der Waals surface area contributed by atoms with Gasteiger partial charge in [-0.15, -0.1) is 13.2 Å². The Labute approximate surface area is 172 Å². The van der Waals surface area contributed by atoms with Crippen molar-refractivity contribution in [2.24, 2.45) is 40.4 Å². The number of hydrogen-bond donors (Lipinski definition) is 3. The maximum Gasteiger partial charge on any atom is -0.000843 e. The lowest BCUT2D eigenvalue weighted by Gasteiger charge is -2.37. The summed E-state index contributed by atoms with van der Waals surface area (Å²) in [4.78, 5) is 0. The Hall–Kier alpha value is -0.380. The maximum atomic E-state index is 5.96. The molecule has 1 aliphatic rings. The lowest BCUT2D eigenvalue weighted by molar-refractivity contribution is 0.160. The fraction of sp³-hybridized carbons (Fsp3) is 0.917. The Bertz CT molecular complexity index is 269. The molecule has 1 aliphatic carbocycles. The zero-order valence-corrected chi connectivity index (χ0v) is 19.9. The van der Waals surface area contributed by atoms with Crippen LogP contribution in [-0.4, -0.2) is 19.6 Å². The van der Waals surface area contributed by atoms with E-state index in [1.165, 1.54) is 51.4 Å². The Morgan fingerprint density at radius 2 is 1.37 bits per heavy atom. The quantitative estimate of drug-likeness (QED) is 0.418. The molecule has 27 heavy (non-hydrogen) atoms. The molecule has 0 heterocycles. The van der Waals surface area contributed by atoms with Gasteiger partial charge in [0, 0.05) is 0 Å². The molecule has 0 amide bonds. The highest BCUT2D eigenvalue weighted by Gasteiger charge is 2.31. The second-order valence-electron chi connectivity index (χ2n) is 7.91. The van der Waals surface area contributed by atoms with E-state index in [2.05, 4.69) is 40.9 Å². The van der Waals surface area contributed by atoms with Gasteiger partial charge in [-0.2, -0.15) is 0 Å². The zero-order valence-electron chi connectivity index (χ0n) is 19.9. The first kappa shape index (κ1) is 31.3. The highest BCUT2D eigenvalue weighted by atomic mass is 14.7. The summed E-state index contributed by atoms with van der Waals surface area (Å²) in [6, 6.07) is 0. The van der Waals surface area contributed by atoms with E-state index in [0.717, 1.165) is 37.9 Å². The van der Waals surface area contributed by atoms with E-state index < -0.39 is 0 Å². The second kappa shape index (κ2) is 21.9. The van der Waals surface area contributed by atoms with Crippen molar-refractivity contribution in [2.45, 2.75) is 99.3 Å². The van der Waals surface area contributed by atoms with Gasteiger partial charge in [-0.1, -0.05) is 86.5 Å². The molecule has 0 bridgehead atoms. The molecule has 2 unspecified atom stereocenters. The van der Waals surface area contributed by atoms with Gasteiger partial charge < -0.3 is 17.2 Å². The summed E-state index contributed by atoms with van der Waals surface area (Å²) in [5.41, 5.74) is 17.1. The minimum absolute atomic E-state index is 0.140. The Morgan fingerprint density at radius 1 is 0.926 bits per heavy atom. The standard InChI is InChI=1S/C17H36N2.C3H9N.C2H6.C2H4/c1-4-16(17(3,12-18)13-19)11-10-14(2)15-8-6-5-7-9-15;1-2-3-4;2*1-2/h14-16H,4-13,18-19H2,1-3H3;2-4H2,1H3;1-2H3;1-2H2. The van der Waals surface area contributed by atoms with Crippen molar-refractivity contribution in [2.75, 3.05) is 19.6 Å². The smallest absolute Gasteiger partial charge is 0.000843 e. The van der Waals surface area contributed by atoms with E-state index in [9.17, 15) is 0 Å². The van der Waals surface area contributed by atoms with Gasteiger partial charge in [0.15, 0.2) is 0 Å². The van der Waals surface area contributed by atoms with Crippen molar-refractivity contribution in [1.29, 1.82) is 0 Å². The number of nitrogens with two attached hydrogens (primary N) is 3. The van der Waals surface area contributed by atoms with Crippen molar-refractivity contribution in [3.8, 4) is 0 Å². The van der Waals surface area contributed by atoms with Gasteiger partial charge in [-0.3, -0.25) is 0 Å². The third-order valence-electron chi connectivity index (χ3n) is 6.12. The Kier molecular flexibility index (Phi) is 25.4. The highest BCUT2D eigenvalue weighted by molar-refractivity contribution is 4.84. The Balaban J connectivity index is -0.000000621. The lowest BCUT2D eigenvalue weighted by atomic mass is 9.71. The van der Waals surface area contributed by atoms with Crippen molar-refractivity contribution in [3.63, 3.8) is 0 Å². The minimum atomic E-state index is 0.140. The first-order valence-corrected chi connectivity index (χ1v) is 11.6. The van der Waals surface area contributed by atoms with E-state index in [4.69, 9.17) is 17.2 Å². The first-order chi connectivity index (χ1) is 13.0. The van der Waals surface area contributed by atoms with Gasteiger partial charge >= 0.3 is 0 Å². The zero-order chi connectivity index (χ0) is 21.7. The number of rotatable bonds is 9. The van der Waals surface area contributed by atoms with Crippen molar-refractivity contribution in [3.05, 3.63) is 13.2 Å². The first-order valence-electron chi connectivity index (χ1n) is 11.6. The van der Waals surface area contributed by atoms with E-state index in [1.807, 2.05) is 13.8 Å². The van der Waals surface area contributed by atoms with Crippen LogP contribution in [0.2, 0.25) is 0 Å². The van der Waals surface area contributed by atoms with Crippen LogP contribution < -0.4 is 17.2 Å². The molecule has 6 N–H and O–H groups in total. The molecular formula is C24H55N3. The fourth-order valence-corrected chi connectivity index (χ4v) is 3.87. The van der Waals surface area contributed by atoms with Gasteiger partial charge in [0.05, 0.1) is 0 Å². The largest absolute Gasteiger partial charge is 0.330 e. The molecule has 2 atom stereocenters. The fourth-order valence-electron chi connectivity index (χ4n) is 3.87. The van der Waals surface area contributed by atoms with Crippen molar-refractivity contribution in [1.82, 2.24) is 0 Å². The van der Waals surface area contributed by atoms with Gasteiger partial charge in [-0.05, 0) is 55.6 Å². The van der Waals surface area contributed by atoms with Gasteiger partial charge in [-0.25, -0.2) is 0 Å². The third kappa shape index (κ3) is 14.3. The van der Waals surface area contributed by atoms with Gasteiger partial charge in [0.25, 0.3) is 0 Å². The predicted molar refractivity (Wildman–Crippen MR) is 127 cm³/mol. The van der Waals surface area contributed by atoms with Gasteiger partial charge in [0.2, 0.25) is 0 Å². The molecule has 1 fully saturated rings. The topological polar surface area (TPSA) is 78.1 Å². The molecular weight excluding hydrogens is 330 g/mol. The van der Waals surface area contributed by atoms with E-state index in [-0.39, 0.29) is 5.41 Å². The molecule has 0 aromatic rings. The number of hydrogen-bond acceptors (Lipinski definition) is 3.